The average Bonchev–Trinajstić information content (AvgIpc) is 3.28. The van der Waals surface area contributed by atoms with Gasteiger partial charge in [0.1, 0.15) is 16.9 Å². The summed E-state index contributed by atoms with van der Waals surface area (Å²) in [5.41, 5.74) is 2.23. The minimum atomic E-state index is -1.06. The first-order valence-electron chi connectivity index (χ1n) is 13.1. The minimum absolute atomic E-state index is 0.0606. The molecule has 2 fully saturated rings. The van der Waals surface area contributed by atoms with E-state index >= 15 is 0 Å². The highest BCUT2D eigenvalue weighted by Crippen LogP contribution is 2.49. The average molecular weight is 522 g/mol. The third-order valence-corrected chi connectivity index (χ3v) is 7.49. The molecule has 1 aliphatic carbocycles. The van der Waals surface area contributed by atoms with E-state index in [1.165, 1.54) is 0 Å². The summed E-state index contributed by atoms with van der Waals surface area (Å²) < 4.78 is 18.5. The number of carboxylic acids is 1. The van der Waals surface area contributed by atoms with Crippen LogP contribution in [0, 0.1) is 5.41 Å². The van der Waals surface area contributed by atoms with Gasteiger partial charge in [-0.3, -0.25) is 0 Å². The molecule has 3 aromatic rings. The molecule has 9 heteroatoms. The number of benzene rings is 1. The third kappa shape index (κ3) is 5.48. The molecule has 0 unspecified atom stereocenters. The van der Waals surface area contributed by atoms with E-state index in [0.717, 1.165) is 36.8 Å². The number of hydrogen-bond acceptors (Lipinski definition) is 6. The predicted octanol–water partition coefficient (Wildman–Crippen LogP) is 5.48. The van der Waals surface area contributed by atoms with E-state index in [2.05, 4.69) is 5.10 Å². The Morgan fingerprint density at radius 2 is 1.82 bits per heavy atom. The molecule has 1 aromatic carbocycles. The first-order chi connectivity index (χ1) is 18.1. The van der Waals surface area contributed by atoms with Gasteiger partial charge >= 0.3 is 12.1 Å². The summed E-state index contributed by atoms with van der Waals surface area (Å²) in [6.45, 7) is 7.37. The van der Waals surface area contributed by atoms with Gasteiger partial charge in [-0.25, -0.2) is 14.1 Å². The van der Waals surface area contributed by atoms with Crippen molar-refractivity contribution in [2.24, 2.45) is 5.41 Å². The molecule has 5 rings (SSSR count). The van der Waals surface area contributed by atoms with Crippen molar-refractivity contribution < 1.29 is 28.9 Å². The maximum absolute atomic E-state index is 12.4. The fourth-order valence-electron chi connectivity index (χ4n) is 5.63. The van der Waals surface area contributed by atoms with Crippen molar-refractivity contribution in [3.05, 3.63) is 65.5 Å². The number of aromatic nitrogens is 2. The van der Waals surface area contributed by atoms with Crippen molar-refractivity contribution in [1.82, 2.24) is 14.5 Å². The molecular formula is C29H35N3O6. The molecular weight excluding hydrogens is 486 g/mol. The SMILES string of the molecule is CC(C)(C)OC(=O)N1CC2(CCC(c3cnn4ccc(OCOCc5ccccc5)c(C(=O)O)c34)CC2)C1. The number of fused-ring (bicyclic) bond motifs is 1. The number of carboxylic acid groups (broad SMARTS) is 1. The van der Waals surface area contributed by atoms with Gasteiger partial charge in [0.05, 0.1) is 18.3 Å². The van der Waals surface area contributed by atoms with Gasteiger partial charge in [-0.1, -0.05) is 30.3 Å². The van der Waals surface area contributed by atoms with E-state index in [1.54, 1.807) is 27.9 Å². The van der Waals surface area contributed by atoms with Crippen LogP contribution in [0.3, 0.4) is 0 Å². The number of carbonyl (C=O) groups excluding carboxylic acids is 1. The Morgan fingerprint density at radius 3 is 2.47 bits per heavy atom. The van der Waals surface area contributed by atoms with Crippen LogP contribution in [0.2, 0.25) is 0 Å². The van der Waals surface area contributed by atoms with Crippen molar-refractivity contribution in [2.75, 3.05) is 19.9 Å². The second-order valence-corrected chi connectivity index (χ2v) is 11.5. The lowest BCUT2D eigenvalue weighted by Gasteiger charge is -2.53. The summed E-state index contributed by atoms with van der Waals surface area (Å²) >= 11 is 0. The molecule has 1 aliphatic heterocycles. The van der Waals surface area contributed by atoms with Crippen molar-refractivity contribution in [2.45, 2.75) is 64.6 Å². The second kappa shape index (κ2) is 10.3. The van der Waals surface area contributed by atoms with E-state index in [9.17, 15) is 14.7 Å². The highest BCUT2D eigenvalue weighted by molar-refractivity contribution is 5.99. The zero-order valence-electron chi connectivity index (χ0n) is 22.2. The quantitative estimate of drug-likeness (QED) is 0.324. The highest BCUT2D eigenvalue weighted by atomic mass is 16.7. The predicted molar refractivity (Wildman–Crippen MR) is 140 cm³/mol. The topological polar surface area (TPSA) is 103 Å². The van der Waals surface area contributed by atoms with Gasteiger partial charge in [0, 0.05) is 30.3 Å². The fourth-order valence-corrected chi connectivity index (χ4v) is 5.63. The summed E-state index contributed by atoms with van der Waals surface area (Å²) in [4.78, 5) is 26.5. The molecule has 1 N–H and O–H groups in total. The van der Waals surface area contributed by atoms with Crippen molar-refractivity contribution >= 4 is 17.6 Å². The van der Waals surface area contributed by atoms with Crippen LogP contribution in [0.1, 0.15) is 73.9 Å². The highest BCUT2D eigenvalue weighted by Gasteiger charge is 2.48. The Bertz CT molecular complexity index is 1300. The number of nitrogens with zero attached hydrogens (tertiary/aromatic N) is 3. The molecule has 1 saturated carbocycles. The summed E-state index contributed by atoms with van der Waals surface area (Å²) in [6, 6.07) is 11.3. The monoisotopic (exact) mass is 521 g/mol. The van der Waals surface area contributed by atoms with Gasteiger partial charge in [-0.2, -0.15) is 5.10 Å². The largest absolute Gasteiger partial charge is 0.477 e. The third-order valence-electron chi connectivity index (χ3n) is 7.49. The molecule has 0 radical (unpaired) electrons. The van der Waals surface area contributed by atoms with Gasteiger partial charge in [-0.05, 0) is 64.0 Å². The van der Waals surface area contributed by atoms with Crippen LogP contribution in [0.15, 0.2) is 48.8 Å². The van der Waals surface area contributed by atoms with Gasteiger partial charge in [0.15, 0.2) is 6.79 Å². The molecule has 2 aliphatic rings. The Morgan fingerprint density at radius 1 is 1.11 bits per heavy atom. The summed E-state index contributed by atoms with van der Waals surface area (Å²) in [5, 5.41) is 14.6. The van der Waals surface area contributed by atoms with Crippen molar-refractivity contribution in [1.29, 1.82) is 0 Å². The Kier molecular flexibility index (Phi) is 7.05. The first-order valence-corrected chi connectivity index (χ1v) is 13.1. The van der Waals surface area contributed by atoms with Crippen LogP contribution >= 0.6 is 0 Å². The van der Waals surface area contributed by atoms with Crippen LogP contribution in [-0.4, -0.2) is 57.2 Å². The molecule has 38 heavy (non-hydrogen) atoms. The molecule has 9 nitrogen and oxygen atoms in total. The normalized spacial score (nSPS) is 17.4. The number of aromatic carboxylic acids is 1. The number of amides is 1. The Hall–Kier alpha value is -3.59. The molecule has 1 saturated heterocycles. The smallest absolute Gasteiger partial charge is 0.410 e. The molecule has 2 aromatic heterocycles. The molecule has 3 heterocycles. The van der Waals surface area contributed by atoms with Gasteiger partial charge < -0.3 is 24.2 Å². The molecule has 0 bridgehead atoms. The van der Waals surface area contributed by atoms with Crippen LogP contribution in [0.25, 0.3) is 5.52 Å². The number of hydrogen-bond donors (Lipinski definition) is 1. The number of pyridine rings is 1. The Labute approximate surface area is 222 Å². The number of likely N-dealkylation sites (tertiary alicyclic amines) is 1. The van der Waals surface area contributed by atoms with Crippen LogP contribution < -0.4 is 4.74 Å². The number of carbonyl (C=O) groups is 2. The van der Waals surface area contributed by atoms with Crippen molar-refractivity contribution in [3.63, 3.8) is 0 Å². The zero-order chi connectivity index (χ0) is 26.9. The maximum atomic E-state index is 12.4. The lowest BCUT2D eigenvalue weighted by atomic mass is 9.65. The van der Waals surface area contributed by atoms with Crippen LogP contribution in [0.5, 0.6) is 5.75 Å². The van der Waals surface area contributed by atoms with Crippen molar-refractivity contribution in [3.8, 4) is 5.75 Å². The van der Waals surface area contributed by atoms with Crippen LogP contribution in [0.4, 0.5) is 4.79 Å². The van der Waals surface area contributed by atoms with Gasteiger partial charge in [0.25, 0.3) is 0 Å². The second-order valence-electron chi connectivity index (χ2n) is 11.5. The molecule has 1 spiro atoms. The maximum Gasteiger partial charge on any atom is 0.410 e. The minimum Gasteiger partial charge on any atom is -0.477 e. The van der Waals surface area contributed by atoms with E-state index < -0.39 is 11.6 Å². The van der Waals surface area contributed by atoms with E-state index in [1.807, 2.05) is 51.1 Å². The lowest BCUT2D eigenvalue weighted by molar-refractivity contribution is -0.0505. The molecule has 0 atom stereocenters. The fraction of sp³-hybridized carbons (Fsp3) is 0.483. The molecule has 1 amide bonds. The summed E-state index contributed by atoms with van der Waals surface area (Å²) in [7, 11) is 0. The number of rotatable bonds is 7. The first kappa shape index (κ1) is 26.0. The Balaban J connectivity index is 1.25. The summed E-state index contributed by atoms with van der Waals surface area (Å²) in [6.07, 6.45) is 7.03. The van der Waals surface area contributed by atoms with Crippen LogP contribution in [-0.2, 0) is 16.1 Å². The zero-order valence-corrected chi connectivity index (χ0v) is 22.2. The standard InChI is InChI=1S/C29H35N3O6/c1-28(2,3)38-27(35)31-17-29(18-31)12-9-21(10-13-29)22-15-30-32-14-11-23(24(25(22)32)26(33)34)37-19-36-16-20-7-5-4-6-8-20/h4-8,11,14-15,21H,9-10,12-13,16-19H2,1-3H3,(H,33,34). The molecule has 202 valence electrons. The van der Waals surface area contributed by atoms with E-state index in [0.29, 0.717) is 25.2 Å². The summed E-state index contributed by atoms with van der Waals surface area (Å²) in [5.74, 6) is -0.606. The van der Waals surface area contributed by atoms with Gasteiger partial charge in [-0.15, -0.1) is 0 Å². The van der Waals surface area contributed by atoms with Gasteiger partial charge in [0.2, 0.25) is 0 Å². The van der Waals surface area contributed by atoms with E-state index in [4.69, 9.17) is 14.2 Å². The lowest BCUT2D eigenvalue weighted by Crippen LogP contribution is -2.60. The van der Waals surface area contributed by atoms with E-state index in [-0.39, 0.29) is 35.5 Å². The number of ether oxygens (including phenoxy) is 3.